The van der Waals surface area contributed by atoms with Gasteiger partial charge in [0.25, 0.3) is 0 Å². The number of rotatable bonds is 3. The summed E-state index contributed by atoms with van der Waals surface area (Å²) in [6, 6.07) is 7.09. The van der Waals surface area contributed by atoms with Gasteiger partial charge in [0, 0.05) is 5.56 Å². The van der Waals surface area contributed by atoms with Crippen molar-refractivity contribution in [2.45, 2.75) is 20.3 Å². The van der Waals surface area contributed by atoms with Gasteiger partial charge in [-0.15, -0.1) is 0 Å². The van der Waals surface area contributed by atoms with E-state index in [1.54, 1.807) is 18.2 Å². The first-order chi connectivity index (χ1) is 7.47. The lowest BCUT2D eigenvalue weighted by Gasteiger charge is -2.04. The summed E-state index contributed by atoms with van der Waals surface area (Å²) in [5, 5.41) is 8.53. The molecule has 0 bridgehead atoms. The SMILES string of the molecule is CC(C)=O.COc1ccccc1CC(=O)O. The Morgan fingerprint density at radius 3 is 2.19 bits per heavy atom. The quantitative estimate of drug-likeness (QED) is 0.851. The van der Waals surface area contributed by atoms with Crippen molar-refractivity contribution in [3.63, 3.8) is 0 Å². The minimum atomic E-state index is -0.848. The van der Waals surface area contributed by atoms with Crippen molar-refractivity contribution in [3.8, 4) is 5.75 Å². The zero-order valence-electron chi connectivity index (χ0n) is 9.69. The Balaban J connectivity index is 0.000000487. The van der Waals surface area contributed by atoms with Gasteiger partial charge >= 0.3 is 5.97 Å². The van der Waals surface area contributed by atoms with Crippen LogP contribution in [0.15, 0.2) is 24.3 Å². The molecule has 1 rings (SSSR count). The lowest BCUT2D eigenvalue weighted by Crippen LogP contribution is -2.01. The molecule has 1 aromatic carbocycles. The van der Waals surface area contributed by atoms with E-state index in [0.29, 0.717) is 11.3 Å². The highest BCUT2D eigenvalue weighted by Crippen LogP contribution is 2.17. The fraction of sp³-hybridized carbons (Fsp3) is 0.333. The van der Waals surface area contributed by atoms with Gasteiger partial charge in [-0.2, -0.15) is 0 Å². The average Bonchev–Trinajstić information content (AvgIpc) is 2.17. The number of carbonyl (C=O) groups excluding carboxylic acids is 1. The molecule has 0 saturated heterocycles. The molecule has 88 valence electrons. The molecule has 4 nitrogen and oxygen atoms in total. The number of carboxylic acids is 1. The third-order valence-electron chi connectivity index (χ3n) is 1.53. The van der Waals surface area contributed by atoms with Gasteiger partial charge in [-0.3, -0.25) is 4.79 Å². The van der Waals surface area contributed by atoms with Gasteiger partial charge in [0.15, 0.2) is 0 Å². The lowest BCUT2D eigenvalue weighted by atomic mass is 10.1. The molecule has 0 atom stereocenters. The van der Waals surface area contributed by atoms with Gasteiger partial charge in [0.05, 0.1) is 13.5 Å². The molecule has 0 saturated carbocycles. The smallest absolute Gasteiger partial charge is 0.307 e. The van der Waals surface area contributed by atoms with Crippen LogP contribution in [0.3, 0.4) is 0 Å². The summed E-state index contributed by atoms with van der Waals surface area (Å²) in [5.74, 6) is -0.0561. The number of methoxy groups -OCH3 is 1. The van der Waals surface area contributed by atoms with Crippen LogP contribution in [-0.2, 0) is 16.0 Å². The molecule has 0 aliphatic heterocycles. The van der Waals surface area contributed by atoms with Crippen molar-refractivity contribution in [2.24, 2.45) is 0 Å². The number of Topliss-reactive ketones (excluding diaryl/α,β-unsaturated/α-hetero) is 1. The molecule has 0 heterocycles. The Morgan fingerprint density at radius 2 is 1.75 bits per heavy atom. The number of carboxylic acid groups (broad SMARTS) is 1. The zero-order valence-corrected chi connectivity index (χ0v) is 9.69. The molecule has 0 spiro atoms. The monoisotopic (exact) mass is 224 g/mol. The molecule has 4 heteroatoms. The second-order valence-electron chi connectivity index (χ2n) is 3.29. The number of carbonyl (C=O) groups is 2. The summed E-state index contributed by atoms with van der Waals surface area (Å²) in [5.41, 5.74) is 0.701. The minimum absolute atomic E-state index is 0.00398. The highest BCUT2D eigenvalue weighted by atomic mass is 16.5. The molecule has 0 fully saturated rings. The largest absolute Gasteiger partial charge is 0.496 e. The molecule has 0 unspecified atom stereocenters. The maximum absolute atomic E-state index is 10.4. The maximum atomic E-state index is 10.4. The van der Waals surface area contributed by atoms with E-state index in [4.69, 9.17) is 9.84 Å². The Kier molecular flexibility index (Phi) is 6.59. The van der Waals surface area contributed by atoms with E-state index in [0.717, 1.165) is 0 Å². The van der Waals surface area contributed by atoms with Gasteiger partial charge in [-0.05, 0) is 19.9 Å². The number of ether oxygens (including phenoxy) is 1. The van der Waals surface area contributed by atoms with E-state index in [2.05, 4.69) is 0 Å². The van der Waals surface area contributed by atoms with E-state index >= 15 is 0 Å². The third kappa shape index (κ3) is 6.59. The van der Waals surface area contributed by atoms with Crippen molar-refractivity contribution in [1.82, 2.24) is 0 Å². The van der Waals surface area contributed by atoms with E-state index in [1.807, 2.05) is 6.07 Å². The minimum Gasteiger partial charge on any atom is -0.496 e. The van der Waals surface area contributed by atoms with Gasteiger partial charge in [0.1, 0.15) is 11.5 Å². The predicted molar refractivity (Wildman–Crippen MR) is 60.7 cm³/mol. The summed E-state index contributed by atoms with van der Waals surface area (Å²) in [6.07, 6.45) is 0.00398. The summed E-state index contributed by atoms with van der Waals surface area (Å²) >= 11 is 0. The van der Waals surface area contributed by atoms with Crippen molar-refractivity contribution in [2.75, 3.05) is 7.11 Å². The Hall–Kier alpha value is -1.84. The fourth-order valence-corrected chi connectivity index (χ4v) is 1.01. The van der Waals surface area contributed by atoms with E-state index in [1.165, 1.54) is 21.0 Å². The molecular weight excluding hydrogens is 208 g/mol. The molecule has 0 aromatic heterocycles. The van der Waals surface area contributed by atoms with Gasteiger partial charge in [-0.1, -0.05) is 18.2 Å². The predicted octanol–water partition coefficient (Wildman–Crippen LogP) is 1.92. The molecule has 0 radical (unpaired) electrons. The van der Waals surface area contributed by atoms with Crippen molar-refractivity contribution in [1.29, 1.82) is 0 Å². The van der Waals surface area contributed by atoms with Gasteiger partial charge in [-0.25, -0.2) is 0 Å². The summed E-state index contributed by atoms with van der Waals surface area (Å²) in [6.45, 7) is 3.06. The van der Waals surface area contributed by atoms with E-state index in [9.17, 15) is 9.59 Å². The van der Waals surface area contributed by atoms with Crippen LogP contribution in [0.2, 0.25) is 0 Å². The van der Waals surface area contributed by atoms with Gasteiger partial charge in [0.2, 0.25) is 0 Å². The molecule has 0 amide bonds. The molecule has 1 N–H and O–H groups in total. The molecule has 0 aliphatic rings. The first-order valence-corrected chi connectivity index (χ1v) is 4.78. The van der Waals surface area contributed by atoms with Crippen molar-refractivity contribution >= 4 is 11.8 Å². The molecule has 1 aromatic rings. The Bertz CT molecular complexity index is 354. The second-order valence-corrected chi connectivity index (χ2v) is 3.29. The van der Waals surface area contributed by atoms with Crippen LogP contribution in [0, 0.1) is 0 Å². The van der Waals surface area contributed by atoms with E-state index < -0.39 is 5.97 Å². The second kappa shape index (κ2) is 7.45. The number of para-hydroxylation sites is 1. The molecule has 16 heavy (non-hydrogen) atoms. The normalized spacial score (nSPS) is 8.69. The van der Waals surface area contributed by atoms with Crippen LogP contribution >= 0.6 is 0 Å². The average molecular weight is 224 g/mol. The number of benzene rings is 1. The summed E-state index contributed by atoms with van der Waals surface area (Å²) in [7, 11) is 1.53. The van der Waals surface area contributed by atoms with Crippen molar-refractivity contribution < 1.29 is 19.4 Å². The van der Waals surface area contributed by atoms with Crippen LogP contribution in [0.4, 0.5) is 0 Å². The first-order valence-electron chi connectivity index (χ1n) is 4.78. The van der Waals surface area contributed by atoms with Crippen LogP contribution < -0.4 is 4.74 Å². The highest BCUT2D eigenvalue weighted by Gasteiger charge is 2.04. The zero-order chi connectivity index (χ0) is 12.6. The number of hydrogen-bond acceptors (Lipinski definition) is 3. The molecule has 0 aliphatic carbocycles. The van der Waals surface area contributed by atoms with Crippen LogP contribution in [0.5, 0.6) is 5.75 Å². The first kappa shape index (κ1) is 14.2. The topological polar surface area (TPSA) is 63.6 Å². The maximum Gasteiger partial charge on any atom is 0.307 e. The number of aliphatic carboxylic acids is 1. The molecular formula is C12H16O4. The Morgan fingerprint density at radius 1 is 1.25 bits per heavy atom. The van der Waals surface area contributed by atoms with Crippen LogP contribution in [0.1, 0.15) is 19.4 Å². The van der Waals surface area contributed by atoms with Gasteiger partial charge < -0.3 is 14.6 Å². The van der Waals surface area contributed by atoms with Crippen molar-refractivity contribution in [3.05, 3.63) is 29.8 Å². The standard InChI is InChI=1S/C9H10O3.C3H6O/c1-12-8-5-3-2-4-7(8)6-9(10)11;1-3(2)4/h2-5H,6H2,1H3,(H,10,11);1-2H3. The third-order valence-corrected chi connectivity index (χ3v) is 1.53. The summed E-state index contributed by atoms with van der Waals surface area (Å²) < 4.78 is 4.98. The fourth-order valence-electron chi connectivity index (χ4n) is 1.01. The highest BCUT2D eigenvalue weighted by molar-refractivity contribution is 5.72. The summed E-state index contributed by atoms with van der Waals surface area (Å²) in [4.78, 5) is 19.8. The number of hydrogen-bond donors (Lipinski definition) is 1. The Labute approximate surface area is 94.9 Å². The van der Waals surface area contributed by atoms with Crippen LogP contribution in [-0.4, -0.2) is 24.0 Å². The van der Waals surface area contributed by atoms with E-state index in [-0.39, 0.29) is 12.2 Å². The van der Waals surface area contributed by atoms with Crippen LogP contribution in [0.25, 0.3) is 0 Å². The lowest BCUT2D eigenvalue weighted by molar-refractivity contribution is -0.136. The number of ketones is 1.